The minimum Gasteiger partial charge on any atom is -0.294 e. The van der Waals surface area contributed by atoms with Crippen LogP contribution in [-0.2, 0) is 5.88 Å². The van der Waals surface area contributed by atoms with Gasteiger partial charge in [-0.3, -0.25) is 4.57 Å². The molecule has 0 aliphatic heterocycles. The molecule has 0 saturated heterocycles. The molecule has 1 aromatic heterocycles. The zero-order valence-corrected chi connectivity index (χ0v) is 14.0. The summed E-state index contributed by atoms with van der Waals surface area (Å²) in [6.07, 6.45) is 0. The van der Waals surface area contributed by atoms with Crippen molar-refractivity contribution in [3.8, 4) is 5.69 Å². The Hall–Kier alpha value is -0.910. The minimum absolute atomic E-state index is 0.205. The number of fused-ring (bicyclic) bond motifs is 1. The lowest BCUT2D eigenvalue weighted by molar-refractivity contribution is 0.637. The molecule has 20 heavy (non-hydrogen) atoms. The van der Waals surface area contributed by atoms with Crippen LogP contribution in [0.2, 0.25) is 0 Å². The Morgan fingerprint density at radius 3 is 2.70 bits per heavy atom. The Kier molecular flexibility index (Phi) is 3.84. The fraction of sp³-hybridized carbons (Fsp3) is 0.0714. The molecule has 0 radical (unpaired) electrons. The second kappa shape index (κ2) is 5.47. The highest BCUT2D eigenvalue weighted by Gasteiger charge is 2.16. The normalized spacial score (nSPS) is 11.2. The second-order valence-electron chi connectivity index (χ2n) is 4.20. The van der Waals surface area contributed by atoms with Gasteiger partial charge in [0, 0.05) is 8.95 Å². The fourth-order valence-electron chi connectivity index (χ4n) is 2.13. The van der Waals surface area contributed by atoms with Crippen LogP contribution in [0.3, 0.4) is 0 Å². The van der Waals surface area contributed by atoms with Gasteiger partial charge in [-0.2, -0.15) is 0 Å². The summed E-state index contributed by atoms with van der Waals surface area (Å²) in [6, 6.07) is 10.7. The fourth-order valence-corrected chi connectivity index (χ4v) is 3.54. The smallest absolute Gasteiger partial charge is 0.151 e. The van der Waals surface area contributed by atoms with Crippen LogP contribution in [0.5, 0.6) is 0 Å². The average molecular weight is 418 g/mol. The molecule has 1 heterocycles. The van der Waals surface area contributed by atoms with Crippen molar-refractivity contribution in [2.75, 3.05) is 0 Å². The molecular weight excluding hydrogens is 410 g/mol. The molecule has 0 unspecified atom stereocenters. The maximum absolute atomic E-state index is 13.9. The molecule has 0 aliphatic rings. The van der Waals surface area contributed by atoms with Crippen LogP contribution in [0.15, 0.2) is 45.3 Å². The molecule has 102 valence electrons. The second-order valence-corrected chi connectivity index (χ2v) is 6.24. The number of imidazole rings is 1. The average Bonchev–Trinajstić information content (AvgIpc) is 2.79. The van der Waals surface area contributed by atoms with E-state index in [1.54, 1.807) is 6.07 Å². The van der Waals surface area contributed by atoms with Gasteiger partial charge in [0.1, 0.15) is 11.3 Å². The van der Waals surface area contributed by atoms with Crippen molar-refractivity contribution in [2.45, 2.75) is 5.88 Å². The third-order valence-electron chi connectivity index (χ3n) is 2.98. The molecule has 0 atom stereocenters. The molecular formula is C14H8Br2ClFN2. The van der Waals surface area contributed by atoms with E-state index in [4.69, 9.17) is 11.6 Å². The third-order valence-corrected chi connectivity index (χ3v) is 4.34. The molecule has 3 aromatic rings. The first-order valence-electron chi connectivity index (χ1n) is 5.79. The van der Waals surface area contributed by atoms with E-state index >= 15 is 0 Å². The lowest BCUT2D eigenvalue weighted by atomic mass is 10.2. The van der Waals surface area contributed by atoms with Gasteiger partial charge in [0.05, 0.1) is 17.1 Å². The maximum Gasteiger partial charge on any atom is 0.151 e. The SMILES string of the molecule is Fc1cccc2c1nc(CCl)n2-c1ccc(Br)cc1Br. The van der Waals surface area contributed by atoms with Crippen molar-refractivity contribution < 1.29 is 4.39 Å². The van der Waals surface area contributed by atoms with E-state index in [1.807, 2.05) is 28.8 Å². The summed E-state index contributed by atoms with van der Waals surface area (Å²) in [5.41, 5.74) is 1.90. The van der Waals surface area contributed by atoms with Crippen molar-refractivity contribution in [1.29, 1.82) is 0 Å². The first-order chi connectivity index (χ1) is 9.61. The Bertz CT molecular complexity index is 801. The summed E-state index contributed by atoms with van der Waals surface area (Å²) < 4.78 is 17.6. The minimum atomic E-state index is -0.346. The number of benzene rings is 2. The molecule has 0 aliphatic carbocycles. The highest BCUT2D eigenvalue weighted by molar-refractivity contribution is 9.11. The van der Waals surface area contributed by atoms with E-state index in [2.05, 4.69) is 36.8 Å². The topological polar surface area (TPSA) is 17.8 Å². The van der Waals surface area contributed by atoms with Gasteiger partial charge in [0.25, 0.3) is 0 Å². The van der Waals surface area contributed by atoms with Gasteiger partial charge in [0.15, 0.2) is 5.82 Å². The van der Waals surface area contributed by atoms with Gasteiger partial charge in [-0.05, 0) is 46.3 Å². The molecule has 6 heteroatoms. The number of rotatable bonds is 2. The molecule has 3 rings (SSSR count). The first kappa shape index (κ1) is 14.0. The largest absolute Gasteiger partial charge is 0.294 e. The van der Waals surface area contributed by atoms with E-state index in [0.717, 1.165) is 14.6 Å². The van der Waals surface area contributed by atoms with Crippen molar-refractivity contribution in [3.63, 3.8) is 0 Å². The van der Waals surface area contributed by atoms with Crippen LogP contribution in [-0.4, -0.2) is 9.55 Å². The Morgan fingerprint density at radius 1 is 1.20 bits per heavy atom. The molecule has 0 spiro atoms. The molecule has 2 nitrogen and oxygen atoms in total. The van der Waals surface area contributed by atoms with E-state index < -0.39 is 0 Å². The van der Waals surface area contributed by atoms with E-state index in [1.165, 1.54) is 6.07 Å². The summed E-state index contributed by atoms with van der Waals surface area (Å²) in [5.74, 6) is 0.465. The molecule has 2 aromatic carbocycles. The van der Waals surface area contributed by atoms with Crippen LogP contribution < -0.4 is 0 Å². The molecule has 0 amide bonds. The van der Waals surface area contributed by atoms with E-state index in [-0.39, 0.29) is 11.7 Å². The van der Waals surface area contributed by atoms with Gasteiger partial charge in [-0.15, -0.1) is 11.6 Å². The van der Waals surface area contributed by atoms with Gasteiger partial charge in [0.2, 0.25) is 0 Å². The summed E-state index contributed by atoms with van der Waals surface area (Å²) in [4.78, 5) is 4.29. The number of aromatic nitrogens is 2. The Balaban J connectivity index is 2.37. The quantitative estimate of drug-likeness (QED) is 0.508. The van der Waals surface area contributed by atoms with Crippen LogP contribution in [0.25, 0.3) is 16.7 Å². The Labute approximate surface area is 136 Å². The van der Waals surface area contributed by atoms with E-state index in [0.29, 0.717) is 16.9 Å². The zero-order valence-electron chi connectivity index (χ0n) is 10.1. The van der Waals surface area contributed by atoms with Gasteiger partial charge in [-0.1, -0.05) is 22.0 Å². The summed E-state index contributed by atoms with van der Waals surface area (Å²) in [6.45, 7) is 0. The van der Waals surface area contributed by atoms with Crippen molar-refractivity contribution in [1.82, 2.24) is 9.55 Å². The van der Waals surface area contributed by atoms with Crippen molar-refractivity contribution in [2.24, 2.45) is 0 Å². The van der Waals surface area contributed by atoms with Crippen LogP contribution in [0.4, 0.5) is 4.39 Å². The predicted octanol–water partition coefficient (Wildman–Crippen LogP) is 5.43. The van der Waals surface area contributed by atoms with Crippen LogP contribution >= 0.6 is 43.5 Å². The zero-order chi connectivity index (χ0) is 14.3. The third kappa shape index (κ3) is 2.28. The Morgan fingerprint density at radius 2 is 2.00 bits per heavy atom. The molecule has 0 fully saturated rings. The predicted molar refractivity (Wildman–Crippen MR) is 86.0 cm³/mol. The number of alkyl halides is 1. The van der Waals surface area contributed by atoms with Crippen molar-refractivity contribution in [3.05, 3.63) is 57.0 Å². The maximum atomic E-state index is 13.9. The molecule has 0 N–H and O–H groups in total. The van der Waals surface area contributed by atoms with Gasteiger partial charge in [-0.25, -0.2) is 9.37 Å². The summed E-state index contributed by atoms with van der Waals surface area (Å²) in [7, 11) is 0. The number of hydrogen-bond acceptors (Lipinski definition) is 1. The molecule has 0 saturated carbocycles. The van der Waals surface area contributed by atoms with Gasteiger partial charge < -0.3 is 0 Å². The molecule has 0 bridgehead atoms. The van der Waals surface area contributed by atoms with Crippen LogP contribution in [0, 0.1) is 5.82 Å². The number of nitrogens with zero attached hydrogens (tertiary/aromatic N) is 2. The highest BCUT2D eigenvalue weighted by atomic mass is 79.9. The first-order valence-corrected chi connectivity index (χ1v) is 7.91. The standard InChI is InChI=1S/C14H8Br2ClFN2/c15-8-4-5-11(9(16)6-8)20-12-3-1-2-10(18)14(12)19-13(20)7-17/h1-6H,7H2. The summed E-state index contributed by atoms with van der Waals surface area (Å²) >= 11 is 12.9. The number of halogens is 4. The number of para-hydroxylation sites is 1. The van der Waals surface area contributed by atoms with E-state index in [9.17, 15) is 4.39 Å². The summed E-state index contributed by atoms with van der Waals surface area (Å²) in [5, 5.41) is 0. The van der Waals surface area contributed by atoms with Crippen molar-refractivity contribution >= 4 is 54.5 Å². The highest BCUT2D eigenvalue weighted by Crippen LogP contribution is 2.30. The van der Waals surface area contributed by atoms with Crippen LogP contribution in [0.1, 0.15) is 5.82 Å². The van der Waals surface area contributed by atoms with Gasteiger partial charge >= 0.3 is 0 Å². The monoisotopic (exact) mass is 416 g/mol. The number of hydrogen-bond donors (Lipinski definition) is 0. The lowest BCUT2D eigenvalue weighted by Gasteiger charge is -2.10. The lowest BCUT2D eigenvalue weighted by Crippen LogP contribution is -2.00.